The maximum absolute atomic E-state index is 10.2. The van der Waals surface area contributed by atoms with Crippen LogP contribution in [0.25, 0.3) is 0 Å². The van der Waals surface area contributed by atoms with Crippen LogP contribution in [0.3, 0.4) is 0 Å². The summed E-state index contributed by atoms with van der Waals surface area (Å²) in [4.78, 5) is 10.2. The number of rotatable bonds is 1. The fourth-order valence-electron chi connectivity index (χ4n) is 1.71. The minimum absolute atomic E-state index is 0. The van der Waals surface area contributed by atoms with Crippen LogP contribution in [-0.2, 0) is 0 Å². The zero-order chi connectivity index (χ0) is 11.8. The highest BCUT2D eigenvalue weighted by Gasteiger charge is 2.06. The molecule has 0 unspecified atom stereocenters. The molecule has 0 aliphatic heterocycles. The molecule has 1 aliphatic rings. The molecule has 3 nitrogen and oxygen atoms in total. The fourth-order valence-corrected chi connectivity index (χ4v) is 1.71. The lowest BCUT2D eigenvalue weighted by atomic mass is 9.97. The molecule has 0 radical (unpaired) electrons. The van der Waals surface area contributed by atoms with Gasteiger partial charge in [0.05, 0.1) is 5.56 Å². The van der Waals surface area contributed by atoms with Crippen LogP contribution in [0, 0.1) is 0 Å². The number of nitrogens with two attached hydrogens (primary N) is 1. The number of carboxylic acid groups (broad SMARTS) is 1. The highest BCUT2D eigenvalue weighted by molar-refractivity contribution is 5.87. The number of halogens is 1. The molecule has 17 heavy (non-hydrogen) atoms. The second-order valence-electron chi connectivity index (χ2n) is 4.07. The summed E-state index contributed by atoms with van der Waals surface area (Å²) in [6.45, 7) is 0. The molecule has 0 amide bonds. The van der Waals surface area contributed by atoms with E-state index in [0.717, 1.165) is 0 Å². The van der Waals surface area contributed by atoms with E-state index < -0.39 is 5.97 Å². The Morgan fingerprint density at radius 2 is 1.65 bits per heavy atom. The number of carboxylic acids is 1. The van der Waals surface area contributed by atoms with Crippen LogP contribution in [0.5, 0.6) is 0 Å². The van der Waals surface area contributed by atoms with E-state index in [1.54, 1.807) is 30.3 Å². The Labute approximate surface area is 108 Å². The van der Waals surface area contributed by atoms with Gasteiger partial charge in [-0.05, 0) is 25.0 Å². The van der Waals surface area contributed by atoms with Crippen molar-refractivity contribution in [2.45, 2.75) is 38.1 Å². The van der Waals surface area contributed by atoms with Crippen molar-refractivity contribution >= 4 is 18.4 Å². The van der Waals surface area contributed by atoms with Crippen molar-refractivity contribution in [2.75, 3.05) is 0 Å². The van der Waals surface area contributed by atoms with Crippen molar-refractivity contribution in [1.82, 2.24) is 0 Å². The van der Waals surface area contributed by atoms with Gasteiger partial charge in [0.2, 0.25) is 0 Å². The third-order valence-electron chi connectivity index (χ3n) is 2.67. The van der Waals surface area contributed by atoms with Gasteiger partial charge in [-0.25, -0.2) is 4.79 Å². The zero-order valence-corrected chi connectivity index (χ0v) is 10.7. The van der Waals surface area contributed by atoms with Crippen LogP contribution in [0.2, 0.25) is 0 Å². The average Bonchev–Trinajstić information content (AvgIpc) is 2.32. The van der Waals surface area contributed by atoms with Crippen molar-refractivity contribution < 1.29 is 9.90 Å². The molecule has 0 bridgehead atoms. The molecule has 0 saturated heterocycles. The van der Waals surface area contributed by atoms with Gasteiger partial charge in [-0.1, -0.05) is 37.5 Å². The lowest BCUT2D eigenvalue weighted by molar-refractivity contribution is 0.0697. The van der Waals surface area contributed by atoms with Gasteiger partial charge in [0.25, 0.3) is 0 Å². The predicted molar refractivity (Wildman–Crippen MR) is 71.7 cm³/mol. The molecule has 4 heteroatoms. The first kappa shape index (κ1) is 15.9. The van der Waals surface area contributed by atoms with Crippen molar-refractivity contribution in [3.63, 3.8) is 0 Å². The molecule has 0 atom stereocenters. The van der Waals surface area contributed by atoms with Gasteiger partial charge in [0.1, 0.15) is 0 Å². The van der Waals surface area contributed by atoms with Crippen LogP contribution in [0.1, 0.15) is 42.5 Å². The summed E-state index contributed by atoms with van der Waals surface area (Å²) in [5.41, 5.74) is 5.97. The van der Waals surface area contributed by atoms with Gasteiger partial charge >= 0.3 is 5.97 Å². The molecule has 1 aliphatic carbocycles. The molecule has 1 saturated carbocycles. The highest BCUT2D eigenvalue weighted by atomic mass is 35.5. The fraction of sp³-hybridized carbons (Fsp3) is 0.462. The third-order valence-corrected chi connectivity index (χ3v) is 2.67. The second-order valence-corrected chi connectivity index (χ2v) is 4.07. The van der Waals surface area contributed by atoms with E-state index in [2.05, 4.69) is 0 Å². The van der Waals surface area contributed by atoms with Crippen molar-refractivity contribution in [2.24, 2.45) is 5.73 Å². The van der Waals surface area contributed by atoms with E-state index in [1.165, 1.54) is 32.1 Å². The first-order valence-corrected chi connectivity index (χ1v) is 5.74. The number of hydrogen-bond acceptors (Lipinski definition) is 2. The normalized spacial score (nSPS) is 15.1. The lowest BCUT2D eigenvalue weighted by Gasteiger charge is -2.15. The van der Waals surface area contributed by atoms with Crippen LogP contribution in [0.4, 0.5) is 0 Å². The SMILES string of the molecule is Cl.NC1CCCCC1.O=C(O)c1ccccc1. The maximum atomic E-state index is 10.2. The Kier molecular flexibility index (Phi) is 8.46. The van der Waals surface area contributed by atoms with Gasteiger partial charge in [0.15, 0.2) is 0 Å². The summed E-state index contributed by atoms with van der Waals surface area (Å²) in [5, 5.41) is 8.38. The van der Waals surface area contributed by atoms with Crippen molar-refractivity contribution in [3.05, 3.63) is 35.9 Å². The van der Waals surface area contributed by atoms with Crippen LogP contribution < -0.4 is 5.73 Å². The van der Waals surface area contributed by atoms with Crippen LogP contribution >= 0.6 is 12.4 Å². The van der Waals surface area contributed by atoms with Gasteiger partial charge in [-0.2, -0.15) is 0 Å². The van der Waals surface area contributed by atoms with Gasteiger partial charge < -0.3 is 10.8 Å². The first-order chi connectivity index (χ1) is 7.70. The molecule has 0 spiro atoms. The van der Waals surface area contributed by atoms with Crippen LogP contribution in [0.15, 0.2) is 30.3 Å². The summed E-state index contributed by atoms with van der Waals surface area (Å²) in [5.74, 6) is -0.879. The molecule has 0 aromatic heterocycles. The minimum Gasteiger partial charge on any atom is -0.478 e. The quantitative estimate of drug-likeness (QED) is 0.813. The average molecular weight is 258 g/mol. The number of carbonyl (C=O) groups is 1. The largest absolute Gasteiger partial charge is 0.478 e. The summed E-state index contributed by atoms with van der Waals surface area (Å²) < 4.78 is 0. The molecule has 1 aromatic rings. The minimum atomic E-state index is -0.879. The van der Waals surface area contributed by atoms with Crippen LogP contribution in [-0.4, -0.2) is 17.1 Å². The summed E-state index contributed by atoms with van der Waals surface area (Å²) in [6.07, 6.45) is 6.66. The number of hydrogen-bond donors (Lipinski definition) is 2. The molecule has 1 fully saturated rings. The zero-order valence-electron chi connectivity index (χ0n) is 9.84. The van der Waals surface area contributed by atoms with E-state index >= 15 is 0 Å². The number of benzene rings is 1. The molecule has 0 heterocycles. The Morgan fingerprint density at radius 1 is 1.12 bits per heavy atom. The van der Waals surface area contributed by atoms with Gasteiger partial charge in [-0.15, -0.1) is 12.4 Å². The third kappa shape index (κ3) is 6.97. The Balaban J connectivity index is 0.000000292. The molecule has 96 valence electrons. The topological polar surface area (TPSA) is 63.3 Å². The van der Waals surface area contributed by atoms with Crippen molar-refractivity contribution in [3.8, 4) is 0 Å². The molecular formula is C13H20ClNO2. The van der Waals surface area contributed by atoms with Crippen molar-refractivity contribution in [1.29, 1.82) is 0 Å². The lowest BCUT2D eigenvalue weighted by Crippen LogP contribution is -2.22. The standard InChI is InChI=1S/C7H6O2.C6H13N.ClH/c8-7(9)6-4-2-1-3-5-6;7-6-4-2-1-3-5-6;/h1-5H,(H,8,9);6H,1-5,7H2;1H. The Bertz CT molecular complexity index is 310. The first-order valence-electron chi connectivity index (χ1n) is 5.74. The summed E-state index contributed by atoms with van der Waals surface area (Å²) in [6, 6.07) is 8.83. The van der Waals surface area contributed by atoms with E-state index in [9.17, 15) is 4.79 Å². The predicted octanol–water partition coefficient (Wildman–Crippen LogP) is 3.08. The monoisotopic (exact) mass is 257 g/mol. The summed E-state index contributed by atoms with van der Waals surface area (Å²) in [7, 11) is 0. The smallest absolute Gasteiger partial charge is 0.335 e. The second kappa shape index (κ2) is 9.02. The molecular weight excluding hydrogens is 238 g/mol. The Hall–Kier alpha value is -1.06. The Morgan fingerprint density at radius 3 is 1.94 bits per heavy atom. The highest BCUT2D eigenvalue weighted by Crippen LogP contribution is 2.14. The molecule has 3 N–H and O–H groups in total. The molecule has 2 rings (SSSR count). The van der Waals surface area contributed by atoms with E-state index in [1.807, 2.05) is 0 Å². The summed E-state index contributed by atoms with van der Waals surface area (Å²) >= 11 is 0. The van der Waals surface area contributed by atoms with E-state index in [0.29, 0.717) is 11.6 Å². The number of aromatic carboxylic acids is 1. The van der Waals surface area contributed by atoms with E-state index in [4.69, 9.17) is 10.8 Å². The molecule has 1 aromatic carbocycles. The van der Waals surface area contributed by atoms with E-state index in [-0.39, 0.29) is 12.4 Å². The van der Waals surface area contributed by atoms with Gasteiger partial charge in [0, 0.05) is 6.04 Å². The maximum Gasteiger partial charge on any atom is 0.335 e. The van der Waals surface area contributed by atoms with Gasteiger partial charge in [-0.3, -0.25) is 0 Å².